The van der Waals surface area contributed by atoms with E-state index in [1.165, 1.54) is 0 Å². The van der Waals surface area contributed by atoms with Gasteiger partial charge in [-0.2, -0.15) is 0 Å². The number of hydrogen-bond acceptors (Lipinski definition) is 7. The second-order valence-corrected chi connectivity index (χ2v) is 7.28. The van der Waals surface area contributed by atoms with E-state index in [1.54, 1.807) is 24.3 Å². The average Bonchev–Trinajstić information content (AvgIpc) is 2.77. The minimum atomic E-state index is -0.577. The maximum Gasteiger partial charge on any atom is 0.0900 e. The van der Waals surface area contributed by atoms with Crippen molar-refractivity contribution in [1.29, 1.82) is 0 Å². The van der Waals surface area contributed by atoms with Crippen LogP contribution in [0.5, 0.6) is 0 Å². The zero-order valence-electron chi connectivity index (χ0n) is 20.5. The lowest BCUT2D eigenvalue weighted by Gasteiger charge is -2.23. The number of aliphatic hydroxyl groups is 2. The molecule has 0 saturated carbocycles. The summed E-state index contributed by atoms with van der Waals surface area (Å²) in [5.41, 5.74) is 0. The number of hydrogen-bond donors (Lipinski definition) is 3. The number of nitrogens with one attached hydrogen (secondary N) is 1. The van der Waals surface area contributed by atoms with Crippen LogP contribution in [0.2, 0.25) is 0 Å². The number of nitrogens with zero attached hydrogens (tertiary/aromatic N) is 2. The van der Waals surface area contributed by atoms with E-state index in [2.05, 4.69) is 44.8 Å². The van der Waals surface area contributed by atoms with Crippen LogP contribution in [0, 0.1) is 0 Å². The van der Waals surface area contributed by atoms with E-state index in [9.17, 15) is 10.2 Å². The van der Waals surface area contributed by atoms with Gasteiger partial charge in [0.15, 0.2) is 0 Å². The molecule has 0 radical (unpaired) electrons. The third-order valence-electron chi connectivity index (χ3n) is 4.06. The monoisotopic (exact) mass is 465 g/mol. The molecule has 3 N–H and O–H groups in total. The quantitative estimate of drug-likeness (QED) is 0.157. The van der Waals surface area contributed by atoms with Crippen LogP contribution in [-0.4, -0.2) is 111 Å². The fourth-order valence-corrected chi connectivity index (χ4v) is 2.72. The topological polar surface area (TPSA) is 77.4 Å². The minimum absolute atomic E-state index is 0.239. The summed E-state index contributed by atoms with van der Waals surface area (Å²) in [6, 6.07) is 0. The van der Waals surface area contributed by atoms with Gasteiger partial charge in [-0.3, -0.25) is 9.80 Å². The molecular weight excluding hydrogens is 418 g/mol. The Hall–Kier alpha value is -1.84. The van der Waals surface area contributed by atoms with Crippen molar-refractivity contribution >= 4 is 0 Å². The third kappa shape index (κ3) is 24.6. The molecular formula is C26H47N3O4. The summed E-state index contributed by atoms with van der Waals surface area (Å²) in [6.07, 6.45) is 9.66. The van der Waals surface area contributed by atoms with Gasteiger partial charge in [-0.1, -0.05) is 36.5 Å². The van der Waals surface area contributed by atoms with Crippen molar-refractivity contribution in [2.24, 2.45) is 0 Å². The molecule has 0 aromatic carbocycles. The highest BCUT2D eigenvalue weighted by Gasteiger charge is 2.11. The van der Waals surface area contributed by atoms with Crippen molar-refractivity contribution in [3.63, 3.8) is 0 Å². The molecule has 7 heteroatoms. The van der Waals surface area contributed by atoms with Gasteiger partial charge in [0.25, 0.3) is 0 Å². The summed E-state index contributed by atoms with van der Waals surface area (Å²) < 4.78 is 10.8. The van der Waals surface area contributed by atoms with Gasteiger partial charge in [-0.15, -0.1) is 39.5 Å². The molecule has 190 valence electrons. The Morgan fingerprint density at radius 2 is 0.939 bits per heavy atom. The van der Waals surface area contributed by atoms with Crippen molar-refractivity contribution in [2.75, 3.05) is 78.8 Å². The molecule has 0 aliphatic rings. The molecule has 0 aromatic rings. The Morgan fingerprint density at radius 3 is 1.21 bits per heavy atom. The van der Waals surface area contributed by atoms with E-state index in [-0.39, 0.29) is 13.2 Å². The lowest BCUT2D eigenvalue weighted by Crippen LogP contribution is -2.36. The molecule has 0 aromatic heterocycles. The van der Waals surface area contributed by atoms with Gasteiger partial charge < -0.3 is 25.0 Å². The molecule has 0 spiro atoms. The van der Waals surface area contributed by atoms with Crippen molar-refractivity contribution in [3.8, 4) is 0 Å². The molecule has 2 unspecified atom stereocenters. The third-order valence-corrected chi connectivity index (χ3v) is 4.06. The second-order valence-electron chi connectivity index (χ2n) is 7.28. The van der Waals surface area contributed by atoms with Gasteiger partial charge in [0.1, 0.15) is 0 Å². The lowest BCUT2D eigenvalue weighted by atomic mass is 10.3. The molecule has 0 saturated heterocycles. The Kier molecular flexibility index (Phi) is 26.7. The zero-order chi connectivity index (χ0) is 25.2. The van der Waals surface area contributed by atoms with E-state index < -0.39 is 12.2 Å². The molecule has 33 heavy (non-hydrogen) atoms. The molecule has 2 atom stereocenters. The first-order valence-electron chi connectivity index (χ1n) is 11.3. The summed E-state index contributed by atoms with van der Waals surface area (Å²) in [5.74, 6) is 0. The van der Waals surface area contributed by atoms with E-state index in [1.807, 2.05) is 22.0 Å². The van der Waals surface area contributed by atoms with Gasteiger partial charge in [-0.05, 0) is 0 Å². The molecule has 0 bridgehead atoms. The minimum Gasteiger partial charge on any atom is -0.389 e. The van der Waals surface area contributed by atoms with E-state index in [0.717, 1.165) is 13.1 Å². The Labute approximate surface area is 202 Å². The number of rotatable bonds is 23. The predicted octanol–water partition coefficient (Wildman–Crippen LogP) is 2.04. The fourth-order valence-electron chi connectivity index (χ4n) is 2.72. The number of ether oxygens (including phenoxy) is 2. The Morgan fingerprint density at radius 1 is 0.606 bits per heavy atom. The van der Waals surface area contributed by atoms with Gasteiger partial charge in [0.05, 0.1) is 38.6 Å². The molecule has 7 nitrogen and oxygen atoms in total. The highest BCUT2D eigenvalue weighted by atomic mass is 16.5. The van der Waals surface area contributed by atoms with Crippen molar-refractivity contribution in [3.05, 3.63) is 75.9 Å². The maximum absolute atomic E-state index is 9.98. The van der Waals surface area contributed by atoms with Crippen LogP contribution in [0.1, 0.15) is 0 Å². The molecule has 0 fully saturated rings. The molecule has 0 heterocycles. The van der Waals surface area contributed by atoms with Gasteiger partial charge in [0.2, 0.25) is 0 Å². The smallest absolute Gasteiger partial charge is 0.0900 e. The summed E-state index contributed by atoms with van der Waals surface area (Å²) in [5, 5.41) is 23.0. The first-order valence-corrected chi connectivity index (χ1v) is 11.3. The van der Waals surface area contributed by atoms with E-state index in [0.29, 0.717) is 52.5 Å². The van der Waals surface area contributed by atoms with Crippen LogP contribution in [0.3, 0.4) is 0 Å². The summed E-state index contributed by atoms with van der Waals surface area (Å²) in [4.78, 5) is 4.05. The Bertz CT molecular complexity index is 450. The van der Waals surface area contributed by atoms with Crippen LogP contribution in [0.15, 0.2) is 75.9 Å². The first-order chi connectivity index (χ1) is 16.0. The molecule has 0 aliphatic carbocycles. The highest BCUT2D eigenvalue weighted by molar-refractivity contribution is 4.82. The van der Waals surface area contributed by atoms with Gasteiger partial charge in [-0.25, -0.2) is 0 Å². The molecule has 0 amide bonds. The second kappa shape index (κ2) is 26.4. The molecule has 0 aliphatic heterocycles. The fraction of sp³-hybridized carbons (Fsp3) is 0.538. The van der Waals surface area contributed by atoms with Crippen LogP contribution in [-0.2, 0) is 9.47 Å². The van der Waals surface area contributed by atoms with Crippen molar-refractivity contribution in [1.82, 2.24) is 15.1 Å². The summed E-state index contributed by atoms with van der Waals surface area (Å²) in [7, 11) is 0. The highest BCUT2D eigenvalue weighted by Crippen LogP contribution is 1.97. The summed E-state index contributed by atoms with van der Waals surface area (Å²) in [6.45, 7) is 28.6. The first kappa shape index (κ1) is 33.3. The Balaban J connectivity index is 0. The van der Waals surface area contributed by atoms with Crippen LogP contribution in [0.25, 0.3) is 0 Å². The van der Waals surface area contributed by atoms with Gasteiger partial charge >= 0.3 is 0 Å². The zero-order valence-corrected chi connectivity index (χ0v) is 20.5. The standard InChI is InChI=1S/C20H36N2O4.C6H11N/c1-5-9-21(10-6-2)15-19(23)17-25-13-14-26-18-20(24)16-22(11-7-3)12-8-4;1-3-5-7-6-4-2/h5-8,19-20,23-24H,1-4,9-18H2;3-4,7H,1-2,5-6H2. The average molecular weight is 466 g/mol. The lowest BCUT2D eigenvalue weighted by molar-refractivity contribution is -0.0263. The van der Waals surface area contributed by atoms with Gasteiger partial charge in [0, 0.05) is 52.4 Å². The largest absolute Gasteiger partial charge is 0.389 e. The number of aliphatic hydroxyl groups excluding tert-OH is 2. The van der Waals surface area contributed by atoms with Crippen LogP contribution in [0.4, 0.5) is 0 Å². The summed E-state index contributed by atoms with van der Waals surface area (Å²) >= 11 is 0. The van der Waals surface area contributed by atoms with E-state index >= 15 is 0 Å². The van der Waals surface area contributed by atoms with E-state index in [4.69, 9.17) is 9.47 Å². The van der Waals surface area contributed by atoms with Crippen molar-refractivity contribution in [2.45, 2.75) is 12.2 Å². The van der Waals surface area contributed by atoms with Crippen molar-refractivity contribution < 1.29 is 19.7 Å². The normalized spacial score (nSPS) is 12.4. The van der Waals surface area contributed by atoms with Crippen LogP contribution < -0.4 is 5.32 Å². The molecule has 0 rings (SSSR count). The maximum atomic E-state index is 9.98. The SMILES string of the molecule is C=CCN(CC=C)CC(O)COCCOCC(O)CN(CC=C)CC=C.C=CCNCC=C. The predicted molar refractivity (Wildman–Crippen MR) is 141 cm³/mol. The van der Waals surface area contributed by atoms with Crippen LogP contribution >= 0.6 is 0 Å².